The van der Waals surface area contributed by atoms with Crippen molar-refractivity contribution in [1.82, 2.24) is 9.55 Å². The van der Waals surface area contributed by atoms with Crippen LogP contribution in [0.15, 0.2) is 35.3 Å². The van der Waals surface area contributed by atoms with E-state index in [4.69, 9.17) is 18.3 Å². The van der Waals surface area contributed by atoms with Gasteiger partial charge >= 0.3 is 19.4 Å². The van der Waals surface area contributed by atoms with Crippen LogP contribution in [-0.4, -0.2) is 52.8 Å². The highest BCUT2D eigenvalue weighted by Crippen LogP contribution is 2.60. The van der Waals surface area contributed by atoms with Crippen LogP contribution in [0.2, 0.25) is 0 Å². The molecule has 14 heteroatoms. The van der Waals surface area contributed by atoms with E-state index >= 15 is 8.78 Å². The molecule has 2 unspecified atom stereocenters. The number of halogens is 2. The average Bonchev–Trinajstić information content (AvgIpc) is 3.35. The molecule has 2 saturated heterocycles. The lowest BCUT2D eigenvalue weighted by Gasteiger charge is -2.32. The molecule has 3 aliphatic heterocycles. The first-order chi connectivity index (χ1) is 16.6. The van der Waals surface area contributed by atoms with Crippen molar-refractivity contribution in [3.05, 3.63) is 52.1 Å². The van der Waals surface area contributed by atoms with Gasteiger partial charge in [0.2, 0.25) is 6.23 Å². The fourth-order valence-corrected chi connectivity index (χ4v) is 5.75. The lowest BCUT2D eigenvalue weighted by Crippen LogP contribution is -2.45. The van der Waals surface area contributed by atoms with Gasteiger partial charge in [-0.2, -0.15) is 13.8 Å². The quantitative estimate of drug-likeness (QED) is 0.581. The Morgan fingerprint density at radius 3 is 2.91 bits per heavy atom. The van der Waals surface area contributed by atoms with Crippen molar-refractivity contribution in [2.45, 2.75) is 50.7 Å². The zero-order valence-corrected chi connectivity index (χ0v) is 19.7. The molecule has 2 aromatic rings. The monoisotopic (exact) mass is 512 g/mol. The fourth-order valence-electron chi connectivity index (χ4n) is 4.17. The number of nitrogens with zero attached hydrogens (tertiary/aromatic N) is 2. The molecule has 0 radical (unpaired) electrons. The number of benzene rings is 1. The second-order valence-electron chi connectivity index (χ2n) is 8.63. The molecular weight excluding hydrogens is 489 g/mol. The molecule has 188 valence electrons. The predicted octanol–water partition coefficient (Wildman–Crippen LogP) is 2.94. The number of amides is 1. The van der Waals surface area contributed by atoms with Crippen LogP contribution in [0.4, 0.5) is 20.3 Å². The normalized spacial score (nSPS) is 28.9. The second-order valence-corrected chi connectivity index (χ2v) is 10.2. The van der Waals surface area contributed by atoms with Gasteiger partial charge in [0.15, 0.2) is 6.10 Å². The van der Waals surface area contributed by atoms with Gasteiger partial charge in [0.1, 0.15) is 11.9 Å². The Morgan fingerprint density at radius 2 is 2.17 bits per heavy atom. The zero-order valence-electron chi connectivity index (χ0n) is 18.8. The minimum atomic E-state index is -4.22. The Hall–Kier alpha value is -2.70. The number of aromatic nitrogens is 2. The molecule has 1 aromatic carbocycles. The molecule has 0 saturated carbocycles. The van der Waals surface area contributed by atoms with Crippen LogP contribution in [0.1, 0.15) is 36.0 Å². The number of fused-ring (bicyclic) bond motifs is 2. The maximum absolute atomic E-state index is 15.2. The van der Waals surface area contributed by atoms with Gasteiger partial charge in [-0.25, -0.2) is 9.36 Å². The molecule has 2 fully saturated rings. The van der Waals surface area contributed by atoms with Gasteiger partial charge in [-0.1, -0.05) is 0 Å². The number of alkyl halides is 2. The smallest absolute Gasteiger partial charge is 0.384 e. The Labute approximate surface area is 198 Å². The number of carbonyl (C=O) groups is 1. The van der Waals surface area contributed by atoms with Crippen LogP contribution in [0.3, 0.4) is 0 Å². The predicted molar refractivity (Wildman–Crippen MR) is 119 cm³/mol. The number of rotatable bonds is 5. The summed E-state index contributed by atoms with van der Waals surface area (Å²) in [5, 5.41) is 5.69. The number of nitrogens with one attached hydrogen (secondary N) is 2. The van der Waals surface area contributed by atoms with Crippen LogP contribution in [0, 0.1) is 0 Å². The summed E-state index contributed by atoms with van der Waals surface area (Å²) in [4.78, 5) is 28.9. The number of ether oxygens (including phenoxy) is 1. The summed E-state index contributed by atoms with van der Waals surface area (Å²) in [5.74, 6) is -4.36. The van der Waals surface area contributed by atoms with E-state index in [1.807, 2.05) is 0 Å². The van der Waals surface area contributed by atoms with E-state index in [0.717, 1.165) is 30.4 Å². The standard InChI is InChI=1S/C21H23F2N4O7P/c1-11(2)33-35(30)31-10-15-17(34-35)21(22,23)19(32-15)27-8-6-16(26-20(27)29)25-18(28)13-3-4-14-12(9-13)5-7-24-14/h3-4,6,8-9,11,15,17,19,24H,5,7,10H2,1-2H3,(H,25,26,28,29)/t15-,17-,19?,35?/m1/s1. The molecule has 2 N–H and O–H groups in total. The van der Waals surface area contributed by atoms with E-state index in [1.165, 1.54) is 6.07 Å². The summed E-state index contributed by atoms with van der Waals surface area (Å²) in [6.07, 6.45) is -4.08. The first-order valence-corrected chi connectivity index (χ1v) is 12.4. The molecule has 4 heterocycles. The number of hydrogen-bond acceptors (Lipinski definition) is 9. The van der Waals surface area contributed by atoms with Gasteiger partial charge in [0.05, 0.1) is 12.7 Å². The van der Waals surface area contributed by atoms with Crippen LogP contribution < -0.4 is 16.3 Å². The summed E-state index contributed by atoms with van der Waals surface area (Å²) in [6.45, 7) is 3.43. The van der Waals surface area contributed by atoms with Crippen molar-refractivity contribution >= 4 is 25.2 Å². The molecule has 5 rings (SSSR count). The van der Waals surface area contributed by atoms with E-state index in [-0.39, 0.29) is 5.82 Å². The number of phosphoric acid groups is 1. The van der Waals surface area contributed by atoms with E-state index in [1.54, 1.807) is 32.0 Å². The highest BCUT2D eigenvalue weighted by atomic mass is 31.2. The third kappa shape index (κ3) is 4.50. The number of phosphoric ester groups is 1. The molecule has 35 heavy (non-hydrogen) atoms. The minimum Gasteiger partial charge on any atom is -0.384 e. The first kappa shape index (κ1) is 24.0. The SMILES string of the molecule is CC(C)OP1(=O)OC[C@H]2OC(n3ccc(NC(=O)c4ccc5c(c4)CCN5)nc3=O)C(F)(F)[C@@H]2O1. The van der Waals surface area contributed by atoms with Crippen molar-refractivity contribution in [2.75, 3.05) is 23.8 Å². The molecular formula is C21H23F2N4O7P. The second kappa shape index (κ2) is 8.75. The Morgan fingerprint density at radius 1 is 1.37 bits per heavy atom. The number of hydrogen-bond donors (Lipinski definition) is 2. The van der Waals surface area contributed by atoms with Crippen molar-refractivity contribution in [3.8, 4) is 0 Å². The van der Waals surface area contributed by atoms with Crippen LogP contribution in [0.5, 0.6) is 0 Å². The van der Waals surface area contributed by atoms with Gasteiger partial charge in [0, 0.05) is 24.0 Å². The van der Waals surface area contributed by atoms with Crippen molar-refractivity contribution in [2.24, 2.45) is 0 Å². The molecule has 11 nitrogen and oxygen atoms in total. The Bertz CT molecular complexity index is 1270. The number of carbonyl (C=O) groups excluding carboxylic acids is 1. The number of anilines is 2. The first-order valence-electron chi connectivity index (χ1n) is 11.0. The Balaban J connectivity index is 1.33. The summed E-state index contributed by atoms with van der Waals surface area (Å²) in [7, 11) is -4.22. The summed E-state index contributed by atoms with van der Waals surface area (Å²) in [5.41, 5.74) is 1.25. The third-order valence-electron chi connectivity index (χ3n) is 5.73. The fraction of sp³-hybridized carbons (Fsp3) is 0.476. The molecule has 1 amide bonds. The van der Waals surface area contributed by atoms with Crippen LogP contribution in [0.25, 0.3) is 0 Å². The maximum Gasteiger partial charge on any atom is 0.475 e. The summed E-state index contributed by atoms with van der Waals surface area (Å²) in [6, 6.07) is 6.37. The van der Waals surface area contributed by atoms with E-state index < -0.39 is 56.5 Å². The van der Waals surface area contributed by atoms with Gasteiger partial charge in [-0.05, 0) is 50.1 Å². The van der Waals surface area contributed by atoms with Crippen molar-refractivity contribution < 1.29 is 36.4 Å². The molecule has 0 aliphatic carbocycles. The van der Waals surface area contributed by atoms with Gasteiger partial charge in [-0.3, -0.25) is 22.9 Å². The van der Waals surface area contributed by atoms with Crippen LogP contribution in [-0.2, 0) is 29.3 Å². The van der Waals surface area contributed by atoms with Gasteiger partial charge < -0.3 is 15.4 Å². The van der Waals surface area contributed by atoms with Crippen LogP contribution >= 0.6 is 7.82 Å². The lowest BCUT2D eigenvalue weighted by atomic mass is 10.1. The molecule has 4 atom stereocenters. The highest BCUT2D eigenvalue weighted by Gasteiger charge is 2.65. The van der Waals surface area contributed by atoms with Crippen molar-refractivity contribution in [3.63, 3.8) is 0 Å². The maximum atomic E-state index is 15.2. The van der Waals surface area contributed by atoms with Gasteiger partial charge in [0.25, 0.3) is 5.91 Å². The van der Waals surface area contributed by atoms with E-state index in [0.29, 0.717) is 10.1 Å². The lowest BCUT2D eigenvalue weighted by molar-refractivity contribution is -0.139. The zero-order chi connectivity index (χ0) is 25.0. The minimum absolute atomic E-state index is 0.108. The topological polar surface area (TPSA) is 130 Å². The molecule has 3 aliphatic rings. The van der Waals surface area contributed by atoms with E-state index in [9.17, 15) is 14.2 Å². The molecule has 0 spiro atoms. The van der Waals surface area contributed by atoms with Crippen molar-refractivity contribution in [1.29, 1.82) is 0 Å². The highest BCUT2D eigenvalue weighted by molar-refractivity contribution is 7.48. The molecule has 1 aromatic heterocycles. The van der Waals surface area contributed by atoms with E-state index in [2.05, 4.69) is 15.6 Å². The third-order valence-corrected chi connectivity index (χ3v) is 7.36. The molecule has 0 bridgehead atoms. The summed E-state index contributed by atoms with van der Waals surface area (Å²) < 4.78 is 63.9. The average molecular weight is 512 g/mol. The largest absolute Gasteiger partial charge is 0.475 e. The Kier molecular flexibility index (Phi) is 6.01. The summed E-state index contributed by atoms with van der Waals surface area (Å²) >= 11 is 0. The van der Waals surface area contributed by atoms with Gasteiger partial charge in [-0.15, -0.1) is 0 Å².